The van der Waals surface area contributed by atoms with Gasteiger partial charge in [0.15, 0.2) is 0 Å². The number of piperidine rings is 1. The molecule has 0 aromatic heterocycles. The maximum Gasteiger partial charge on any atom is 0.0431 e. The molecule has 0 spiro atoms. The molecule has 0 aromatic carbocycles. The molecule has 2 unspecified atom stereocenters. The molecule has 1 saturated carbocycles. The van der Waals surface area contributed by atoms with Crippen molar-refractivity contribution in [3.63, 3.8) is 0 Å². The molecule has 1 saturated heterocycles. The summed E-state index contributed by atoms with van der Waals surface area (Å²) in [5.41, 5.74) is 0. The van der Waals surface area contributed by atoms with Gasteiger partial charge in [-0.1, -0.05) is 6.42 Å². The lowest BCUT2D eigenvalue weighted by Gasteiger charge is -2.49. The van der Waals surface area contributed by atoms with Gasteiger partial charge in [-0.25, -0.2) is 0 Å². The number of aliphatic hydroxyl groups excluding tert-OH is 1. The lowest BCUT2D eigenvalue weighted by molar-refractivity contribution is 0.0296. The van der Waals surface area contributed by atoms with Crippen molar-refractivity contribution in [1.82, 2.24) is 10.2 Å². The second-order valence-electron chi connectivity index (χ2n) is 6.76. The van der Waals surface area contributed by atoms with Gasteiger partial charge in [-0.3, -0.25) is 0 Å². The van der Waals surface area contributed by atoms with Gasteiger partial charge in [-0.05, 0) is 64.3 Å². The Bertz CT molecular complexity index is 243. The van der Waals surface area contributed by atoms with E-state index < -0.39 is 0 Å². The monoisotopic (exact) mass is 268 g/mol. The van der Waals surface area contributed by atoms with E-state index in [1.54, 1.807) is 0 Å². The first kappa shape index (κ1) is 15.3. The molecule has 1 aliphatic heterocycles. The Morgan fingerprint density at radius 1 is 1.11 bits per heavy atom. The van der Waals surface area contributed by atoms with Crippen LogP contribution in [-0.2, 0) is 0 Å². The second-order valence-corrected chi connectivity index (χ2v) is 6.76. The van der Waals surface area contributed by atoms with Gasteiger partial charge in [0.25, 0.3) is 0 Å². The van der Waals surface area contributed by atoms with Crippen LogP contribution in [0.4, 0.5) is 0 Å². The van der Waals surface area contributed by atoms with E-state index in [4.69, 9.17) is 5.11 Å². The summed E-state index contributed by atoms with van der Waals surface area (Å²) in [7, 11) is 0. The average Bonchev–Trinajstić information content (AvgIpc) is 2.37. The number of likely N-dealkylation sites (tertiary alicyclic amines) is 1. The molecule has 2 rings (SSSR count). The number of nitrogens with one attached hydrogen (secondary N) is 1. The Hall–Kier alpha value is -0.120. The minimum absolute atomic E-state index is 0.345. The van der Waals surface area contributed by atoms with Gasteiger partial charge in [-0.15, -0.1) is 0 Å². The van der Waals surface area contributed by atoms with Gasteiger partial charge in [0.05, 0.1) is 0 Å². The largest absolute Gasteiger partial charge is 0.396 e. The highest BCUT2D eigenvalue weighted by Crippen LogP contribution is 2.35. The molecule has 3 heteroatoms. The van der Waals surface area contributed by atoms with E-state index in [1.807, 2.05) is 0 Å². The van der Waals surface area contributed by atoms with E-state index in [0.717, 1.165) is 37.3 Å². The number of unbranched alkanes of at least 4 members (excludes halogenated alkanes) is 2. The fourth-order valence-corrected chi connectivity index (χ4v) is 3.91. The standard InChI is InChI=1S/C16H32N2O/c1-13(2)18-11-14-7-6-8-15(12-18)16(14)17-9-4-3-5-10-19/h13-17,19H,3-12H2,1-2H3. The summed E-state index contributed by atoms with van der Waals surface area (Å²) >= 11 is 0. The molecule has 2 fully saturated rings. The first-order valence-corrected chi connectivity index (χ1v) is 8.30. The Labute approximate surface area is 118 Å². The highest BCUT2D eigenvalue weighted by atomic mass is 16.2. The third-order valence-electron chi connectivity index (χ3n) is 5.05. The molecule has 1 aliphatic carbocycles. The molecule has 0 radical (unpaired) electrons. The molecule has 112 valence electrons. The zero-order chi connectivity index (χ0) is 13.7. The predicted molar refractivity (Wildman–Crippen MR) is 80.3 cm³/mol. The molecule has 2 aliphatic rings. The normalized spacial score (nSPS) is 31.9. The third-order valence-corrected chi connectivity index (χ3v) is 5.05. The van der Waals surface area contributed by atoms with Crippen LogP contribution in [-0.4, -0.2) is 48.3 Å². The summed E-state index contributed by atoms with van der Waals surface area (Å²) in [6.07, 6.45) is 7.58. The van der Waals surface area contributed by atoms with Crippen molar-refractivity contribution in [2.24, 2.45) is 11.8 Å². The lowest BCUT2D eigenvalue weighted by atomic mass is 9.73. The van der Waals surface area contributed by atoms with Crippen LogP contribution in [0.3, 0.4) is 0 Å². The fourth-order valence-electron chi connectivity index (χ4n) is 3.91. The van der Waals surface area contributed by atoms with Crippen molar-refractivity contribution >= 4 is 0 Å². The van der Waals surface area contributed by atoms with E-state index in [0.29, 0.717) is 12.6 Å². The summed E-state index contributed by atoms with van der Waals surface area (Å²) in [5, 5.41) is 12.6. The Morgan fingerprint density at radius 2 is 1.79 bits per heavy atom. The minimum Gasteiger partial charge on any atom is -0.396 e. The Morgan fingerprint density at radius 3 is 2.37 bits per heavy atom. The first-order chi connectivity index (χ1) is 9.22. The van der Waals surface area contributed by atoms with Crippen molar-refractivity contribution in [3.05, 3.63) is 0 Å². The molecule has 0 aromatic rings. The van der Waals surface area contributed by atoms with Crippen LogP contribution < -0.4 is 5.32 Å². The molecule has 2 N–H and O–H groups in total. The summed E-state index contributed by atoms with van der Waals surface area (Å²) in [6, 6.07) is 1.46. The van der Waals surface area contributed by atoms with Crippen molar-refractivity contribution < 1.29 is 5.11 Å². The Balaban J connectivity index is 1.77. The van der Waals surface area contributed by atoms with E-state index in [1.165, 1.54) is 38.8 Å². The highest BCUT2D eigenvalue weighted by Gasteiger charge is 2.39. The number of aliphatic hydroxyl groups is 1. The smallest absolute Gasteiger partial charge is 0.0431 e. The second kappa shape index (κ2) is 7.61. The van der Waals surface area contributed by atoms with Crippen LogP contribution in [0.5, 0.6) is 0 Å². The SMILES string of the molecule is CC(C)N1CC2CCCC(C1)C2NCCCCCO. The van der Waals surface area contributed by atoms with E-state index in [9.17, 15) is 0 Å². The molecule has 3 nitrogen and oxygen atoms in total. The molecule has 2 bridgehead atoms. The fraction of sp³-hybridized carbons (Fsp3) is 1.00. The maximum atomic E-state index is 8.80. The molecule has 19 heavy (non-hydrogen) atoms. The van der Waals surface area contributed by atoms with Crippen molar-refractivity contribution in [2.45, 2.75) is 64.5 Å². The predicted octanol–water partition coefficient (Wildman–Crippen LogP) is 2.25. The van der Waals surface area contributed by atoms with Crippen LogP contribution in [0.25, 0.3) is 0 Å². The van der Waals surface area contributed by atoms with Gasteiger partial charge in [-0.2, -0.15) is 0 Å². The zero-order valence-electron chi connectivity index (χ0n) is 12.8. The van der Waals surface area contributed by atoms with Gasteiger partial charge in [0, 0.05) is 31.8 Å². The van der Waals surface area contributed by atoms with E-state index in [-0.39, 0.29) is 0 Å². The molecular formula is C16H32N2O. The third kappa shape index (κ3) is 4.17. The summed E-state index contributed by atoms with van der Waals surface area (Å²) < 4.78 is 0. The number of rotatable bonds is 7. The number of fused-ring (bicyclic) bond motifs is 2. The summed E-state index contributed by atoms with van der Waals surface area (Å²) in [5.74, 6) is 1.74. The van der Waals surface area contributed by atoms with Gasteiger partial charge in [0.2, 0.25) is 0 Å². The van der Waals surface area contributed by atoms with Crippen LogP contribution in [0.1, 0.15) is 52.4 Å². The summed E-state index contributed by atoms with van der Waals surface area (Å²) in [6.45, 7) is 8.74. The maximum absolute atomic E-state index is 8.80. The summed E-state index contributed by atoms with van der Waals surface area (Å²) in [4.78, 5) is 2.68. The van der Waals surface area contributed by atoms with Crippen molar-refractivity contribution in [3.8, 4) is 0 Å². The quantitative estimate of drug-likeness (QED) is 0.695. The van der Waals surface area contributed by atoms with Crippen LogP contribution in [0.2, 0.25) is 0 Å². The van der Waals surface area contributed by atoms with Crippen molar-refractivity contribution in [2.75, 3.05) is 26.2 Å². The topological polar surface area (TPSA) is 35.5 Å². The number of hydrogen-bond donors (Lipinski definition) is 2. The van der Waals surface area contributed by atoms with Gasteiger partial charge >= 0.3 is 0 Å². The average molecular weight is 268 g/mol. The molecule has 0 amide bonds. The molecule has 2 atom stereocenters. The van der Waals surface area contributed by atoms with Crippen LogP contribution >= 0.6 is 0 Å². The minimum atomic E-state index is 0.345. The number of hydrogen-bond acceptors (Lipinski definition) is 3. The Kier molecular flexibility index (Phi) is 6.11. The van der Waals surface area contributed by atoms with E-state index >= 15 is 0 Å². The van der Waals surface area contributed by atoms with E-state index in [2.05, 4.69) is 24.1 Å². The van der Waals surface area contributed by atoms with Gasteiger partial charge in [0.1, 0.15) is 0 Å². The molecular weight excluding hydrogens is 236 g/mol. The van der Waals surface area contributed by atoms with Crippen molar-refractivity contribution in [1.29, 1.82) is 0 Å². The van der Waals surface area contributed by atoms with Crippen LogP contribution in [0, 0.1) is 11.8 Å². The zero-order valence-corrected chi connectivity index (χ0v) is 12.8. The van der Waals surface area contributed by atoms with Gasteiger partial charge < -0.3 is 15.3 Å². The highest BCUT2D eigenvalue weighted by molar-refractivity contribution is 4.95. The van der Waals surface area contributed by atoms with Crippen LogP contribution in [0.15, 0.2) is 0 Å². The lowest BCUT2D eigenvalue weighted by Crippen LogP contribution is -2.58. The first-order valence-electron chi connectivity index (χ1n) is 8.30. The number of nitrogens with zero attached hydrogens (tertiary/aromatic N) is 1. The molecule has 1 heterocycles.